The average molecular weight is 640 g/mol. The van der Waals surface area contributed by atoms with Crippen molar-refractivity contribution in [3.63, 3.8) is 0 Å². The van der Waals surface area contributed by atoms with Crippen LogP contribution in [-0.2, 0) is 5.41 Å². The van der Waals surface area contributed by atoms with E-state index in [1.165, 1.54) is 72.1 Å². The summed E-state index contributed by atoms with van der Waals surface area (Å²) in [5.41, 5.74) is 16.0. The van der Waals surface area contributed by atoms with Crippen LogP contribution >= 0.6 is 0 Å². The van der Waals surface area contributed by atoms with E-state index in [1.807, 2.05) is 0 Å². The summed E-state index contributed by atoms with van der Waals surface area (Å²) in [6.45, 7) is 4.78. The van der Waals surface area contributed by atoms with Crippen molar-refractivity contribution in [2.24, 2.45) is 0 Å². The lowest BCUT2D eigenvalue weighted by molar-refractivity contribution is 0.661. The van der Waals surface area contributed by atoms with Crippen LogP contribution in [0.1, 0.15) is 25.0 Å². The van der Waals surface area contributed by atoms with E-state index in [-0.39, 0.29) is 5.41 Å². The Kier molecular flexibility index (Phi) is 7.21. The maximum absolute atomic E-state index is 2.49. The Morgan fingerprint density at radius 1 is 0.380 bits per heavy atom. The Morgan fingerprint density at radius 3 is 1.36 bits per heavy atom. The second kappa shape index (κ2) is 12.1. The molecule has 0 N–H and O–H groups in total. The molecule has 238 valence electrons. The van der Waals surface area contributed by atoms with Crippen LogP contribution < -0.4 is 4.90 Å². The van der Waals surface area contributed by atoms with E-state index in [1.54, 1.807) is 0 Å². The van der Waals surface area contributed by atoms with Gasteiger partial charge >= 0.3 is 0 Å². The molecule has 0 fully saturated rings. The summed E-state index contributed by atoms with van der Waals surface area (Å²) >= 11 is 0. The summed E-state index contributed by atoms with van der Waals surface area (Å²) in [6.07, 6.45) is 0. The molecule has 0 aliphatic heterocycles. The highest BCUT2D eigenvalue weighted by Gasteiger charge is 2.39. The molecule has 0 radical (unpaired) electrons. The predicted octanol–water partition coefficient (Wildman–Crippen LogP) is 13.6. The fraction of sp³-hybridized carbons (Fsp3) is 0.0612. The molecule has 1 nitrogen and oxygen atoms in total. The number of fused-ring (bicyclic) bond motifs is 4. The van der Waals surface area contributed by atoms with Gasteiger partial charge in [0.2, 0.25) is 0 Å². The van der Waals surface area contributed by atoms with Gasteiger partial charge in [0.1, 0.15) is 0 Å². The van der Waals surface area contributed by atoms with Gasteiger partial charge in [0.15, 0.2) is 0 Å². The monoisotopic (exact) mass is 639 g/mol. The summed E-state index contributed by atoms with van der Waals surface area (Å²) in [5, 5.41) is 2.48. The topological polar surface area (TPSA) is 3.24 Å². The van der Waals surface area contributed by atoms with E-state index >= 15 is 0 Å². The lowest BCUT2D eigenvalue weighted by Gasteiger charge is -2.31. The Labute approximate surface area is 294 Å². The molecule has 8 aromatic carbocycles. The second-order valence-corrected chi connectivity index (χ2v) is 13.8. The maximum Gasteiger partial charge on any atom is 0.0621 e. The van der Waals surface area contributed by atoms with Crippen LogP contribution in [-0.4, -0.2) is 0 Å². The van der Waals surface area contributed by atoms with E-state index < -0.39 is 0 Å². The molecule has 0 saturated heterocycles. The number of hydrogen-bond acceptors (Lipinski definition) is 1. The molecular formula is C49H37N. The maximum atomic E-state index is 2.49. The van der Waals surface area contributed by atoms with Crippen molar-refractivity contribution < 1.29 is 0 Å². The zero-order valence-electron chi connectivity index (χ0n) is 28.3. The molecule has 0 heterocycles. The molecular weight excluding hydrogens is 603 g/mol. The number of nitrogens with zero attached hydrogens (tertiary/aromatic N) is 1. The van der Waals surface area contributed by atoms with Crippen molar-refractivity contribution in [3.8, 4) is 44.5 Å². The largest absolute Gasteiger partial charge is 0.309 e. The molecule has 0 atom stereocenters. The molecule has 8 aromatic rings. The summed E-state index contributed by atoms with van der Waals surface area (Å²) in [4.78, 5) is 2.49. The molecule has 50 heavy (non-hydrogen) atoms. The Morgan fingerprint density at radius 2 is 0.820 bits per heavy atom. The molecule has 0 aromatic heterocycles. The van der Waals surface area contributed by atoms with E-state index in [9.17, 15) is 0 Å². The molecule has 0 unspecified atom stereocenters. The Bertz CT molecular complexity index is 2380. The molecule has 9 rings (SSSR count). The van der Waals surface area contributed by atoms with Crippen molar-refractivity contribution in [2.45, 2.75) is 19.3 Å². The van der Waals surface area contributed by atoms with Gasteiger partial charge in [-0.2, -0.15) is 0 Å². The van der Waals surface area contributed by atoms with Crippen molar-refractivity contribution in [2.75, 3.05) is 4.90 Å². The van der Waals surface area contributed by atoms with Crippen LogP contribution in [0.5, 0.6) is 0 Å². The lowest BCUT2D eigenvalue weighted by atomic mass is 9.81. The van der Waals surface area contributed by atoms with Gasteiger partial charge in [0.25, 0.3) is 0 Å². The van der Waals surface area contributed by atoms with Crippen molar-refractivity contribution in [1.82, 2.24) is 0 Å². The molecule has 0 spiro atoms. The highest BCUT2D eigenvalue weighted by atomic mass is 15.1. The van der Waals surface area contributed by atoms with Gasteiger partial charge in [-0.15, -0.1) is 0 Å². The zero-order valence-corrected chi connectivity index (χ0v) is 28.3. The molecule has 1 aliphatic rings. The van der Waals surface area contributed by atoms with Gasteiger partial charge in [-0.3, -0.25) is 0 Å². The van der Waals surface area contributed by atoms with Gasteiger partial charge in [0.05, 0.1) is 5.69 Å². The first kappa shape index (κ1) is 29.9. The highest BCUT2D eigenvalue weighted by Crippen LogP contribution is 2.57. The van der Waals surface area contributed by atoms with E-state index in [0.717, 1.165) is 11.4 Å². The Hall–Kier alpha value is -6.18. The average Bonchev–Trinajstić information content (AvgIpc) is 3.41. The number of rotatable bonds is 6. The van der Waals surface area contributed by atoms with Gasteiger partial charge in [-0.1, -0.05) is 166 Å². The predicted molar refractivity (Wildman–Crippen MR) is 213 cm³/mol. The minimum absolute atomic E-state index is 0.186. The minimum atomic E-state index is -0.186. The first-order chi connectivity index (χ1) is 24.6. The third-order valence-corrected chi connectivity index (χ3v) is 10.5. The van der Waals surface area contributed by atoms with Crippen LogP contribution in [0.15, 0.2) is 188 Å². The van der Waals surface area contributed by atoms with Crippen LogP contribution in [0.3, 0.4) is 0 Å². The first-order valence-electron chi connectivity index (χ1n) is 17.4. The van der Waals surface area contributed by atoms with Gasteiger partial charge in [-0.05, 0) is 91.9 Å². The molecule has 0 saturated carbocycles. The first-order valence-corrected chi connectivity index (χ1v) is 17.4. The van der Waals surface area contributed by atoms with Gasteiger partial charge in [0, 0.05) is 27.7 Å². The van der Waals surface area contributed by atoms with Gasteiger partial charge in [-0.25, -0.2) is 0 Å². The molecule has 1 aliphatic carbocycles. The van der Waals surface area contributed by atoms with E-state index in [2.05, 4.69) is 207 Å². The van der Waals surface area contributed by atoms with Crippen molar-refractivity contribution in [1.29, 1.82) is 0 Å². The van der Waals surface area contributed by atoms with Crippen molar-refractivity contribution >= 4 is 27.8 Å². The summed E-state index contributed by atoms with van der Waals surface area (Å²) in [7, 11) is 0. The summed E-state index contributed by atoms with van der Waals surface area (Å²) < 4.78 is 0. The number of anilines is 3. The van der Waals surface area contributed by atoms with E-state index in [4.69, 9.17) is 0 Å². The number of hydrogen-bond donors (Lipinski definition) is 0. The summed E-state index contributed by atoms with van der Waals surface area (Å²) in [6, 6.07) is 68.5. The van der Waals surface area contributed by atoms with Crippen LogP contribution in [0.25, 0.3) is 55.3 Å². The Balaban J connectivity index is 1.29. The van der Waals surface area contributed by atoms with Gasteiger partial charge < -0.3 is 4.90 Å². The lowest BCUT2D eigenvalue weighted by Crippen LogP contribution is -2.16. The summed E-state index contributed by atoms with van der Waals surface area (Å²) in [5.74, 6) is 0. The molecule has 0 amide bonds. The normalized spacial score (nSPS) is 12.8. The minimum Gasteiger partial charge on any atom is -0.309 e. The second-order valence-electron chi connectivity index (χ2n) is 13.8. The van der Waals surface area contributed by atoms with Crippen LogP contribution in [0.2, 0.25) is 0 Å². The molecule has 0 bridgehead atoms. The van der Waals surface area contributed by atoms with Crippen LogP contribution in [0.4, 0.5) is 17.1 Å². The SMILES string of the molecule is CC1(C)c2cc(-c3ccccc3)ccc2-c2c1cc1ccccc1c2N(c1ccc(-c2ccccc2)cc1)c1ccc(-c2ccccc2)cc1. The quantitative estimate of drug-likeness (QED) is 0.175. The fourth-order valence-electron chi connectivity index (χ4n) is 7.84. The highest BCUT2D eigenvalue weighted by molar-refractivity contribution is 6.10. The third kappa shape index (κ3) is 5.02. The molecule has 1 heteroatoms. The zero-order chi connectivity index (χ0) is 33.7. The van der Waals surface area contributed by atoms with Crippen molar-refractivity contribution in [3.05, 3.63) is 199 Å². The number of benzene rings is 8. The smallest absolute Gasteiger partial charge is 0.0621 e. The standard InChI is InChI=1S/C49H37N/c1-49(2)45-32-39(36-18-10-5-11-19-36)26-31-44(45)47-46(49)33-40-20-12-13-21-43(40)48(47)50(41-27-22-37(23-28-41)34-14-6-3-7-15-34)42-29-24-38(25-30-42)35-16-8-4-9-17-35/h3-33H,1-2H3. The van der Waals surface area contributed by atoms with E-state index in [0.29, 0.717) is 0 Å². The van der Waals surface area contributed by atoms with Crippen LogP contribution in [0, 0.1) is 0 Å². The fourth-order valence-corrected chi connectivity index (χ4v) is 7.84. The third-order valence-electron chi connectivity index (χ3n) is 10.5.